The summed E-state index contributed by atoms with van der Waals surface area (Å²) in [4.78, 5) is 48.0. The molecule has 1 aromatic carbocycles. The largest absolute Gasteiger partial charge is 0.478 e. The number of halogens is 1. The SMILES string of the molecule is O=C(NCc1cn(-c2ccc(-n3ccccc3=O)cc2)cn1)c1ccc(Cl)s1.O=C(O)/C=C/C(=O)O. The molecule has 0 saturated heterocycles. The summed E-state index contributed by atoms with van der Waals surface area (Å²) < 4.78 is 4.02. The average Bonchev–Trinajstić information content (AvgIpc) is 3.51. The fraction of sp³-hybridized carbons (Fsp3) is 0.0417. The molecular formula is C24H19ClN4O6S. The Hall–Kier alpha value is -4.48. The van der Waals surface area contributed by atoms with Crippen LogP contribution in [0.4, 0.5) is 0 Å². The Kier molecular flexibility index (Phi) is 8.92. The summed E-state index contributed by atoms with van der Waals surface area (Å²) in [7, 11) is 0. The van der Waals surface area contributed by atoms with Crippen LogP contribution in [-0.4, -0.2) is 42.2 Å². The minimum absolute atomic E-state index is 0.0806. The van der Waals surface area contributed by atoms with E-state index in [0.29, 0.717) is 27.9 Å². The highest BCUT2D eigenvalue weighted by Gasteiger charge is 2.09. The molecule has 0 unspecified atom stereocenters. The van der Waals surface area contributed by atoms with Gasteiger partial charge in [0.25, 0.3) is 11.5 Å². The zero-order valence-corrected chi connectivity index (χ0v) is 20.0. The highest BCUT2D eigenvalue weighted by atomic mass is 35.5. The van der Waals surface area contributed by atoms with Crippen molar-refractivity contribution in [3.63, 3.8) is 0 Å². The van der Waals surface area contributed by atoms with E-state index in [4.69, 9.17) is 21.8 Å². The lowest BCUT2D eigenvalue weighted by atomic mass is 10.2. The molecule has 0 aliphatic rings. The average molecular weight is 527 g/mol. The number of carboxylic acids is 2. The molecule has 36 heavy (non-hydrogen) atoms. The first kappa shape index (κ1) is 26.1. The summed E-state index contributed by atoms with van der Waals surface area (Å²) in [6.45, 7) is 0.318. The van der Waals surface area contributed by atoms with Gasteiger partial charge in [0, 0.05) is 42.0 Å². The Morgan fingerprint density at radius 2 is 1.64 bits per heavy atom. The molecule has 0 atom stereocenters. The van der Waals surface area contributed by atoms with Crippen molar-refractivity contribution in [3.05, 3.63) is 111 Å². The van der Waals surface area contributed by atoms with Crippen LogP contribution in [-0.2, 0) is 16.1 Å². The zero-order chi connectivity index (χ0) is 26.1. The summed E-state index contributed by atoms with van der Waals surface area (Å²) in [5.74, 6) is -2.69. The van der Waals surface area contributed by atoms with Gasteiger partial charge < -0.3 is 20.1 Å². The van der Waals surface area contributed by atoms with Crippen LogP contribution in [0.5, 0.6) is 0 Å². The Balaban J connectivity index is 0.000000392. The van der Waals surface area contributed by atoms with Gasteiger partial charge in [-0.1, -0.05) is 17.7 Å². The van der Waals surface area contributed by atoms with Gasteiger partial charge in [-0.25, -0.2) is 14.6 Å². The number of imidazole rings is 1. The highest BCUT2D eigenvalue weighted by molar-refractivity contribution is 7.17. The third kappa shape index (κ3) is 7.52. The second-order valence-electron chi connectivity index (χ2n) is 6.99. The van der Waals surface area contributed by atoms with E-state index in [1.807, 2.05) is 41.1 Å². The van der Waals surface area contributed by atoms with Crippen molar-refractivity contribution in [1.29, 1.82) is 0 Å². The lowest BCUT2D eigenvalue weighted by Gasteiger charge is -2.07. The number of nitrogens with zero attached hydrogens (tertiary/aromatic N) is 3. The lowest BCUT2D eigenvalue weighted by Crippen LogP contribution is -2.21. The van der Waals surface area contributed by atoms with Gasteiger partial charge >= 0.3 is 11.9 Å². The maximum absolute atomic E-state index is 12.1. The predicted molar refractivity (Wildman–Crippen MR) is 134 cm³/mol. The van der Waals surface area contributed by atoms with E-state index in [1.165, 1.54) is 17.4 Å². The monoisotopic (exact) mass is 526 g/mol. The van der Waals surface area contributed by atoms with Crippen LogP contribution in [0.15, 0.2) is 90.3 Å². The Labute approximate surface area is 213 Å². The van der Waals surface area contributed by atoms with Gasteiger partial charge in [0.15, 0.2) is 0 Å². The minimum Gasteiger partial charge on any atom is -0.478 e. The number of rotatable bonds is 7. The first-order valence-electron chi connectivity index (χ1n) is 10.2. The van der Waals surface area contributed by atoms with Crippen molar-refractivity contribution in [2.45, 2.75) is 6.54 Å². The number of aromatic nitrogens is 3. The van der Waals surface area contributed by atoms with E-state index >= 15 is 0 Å². The summed E-state index contributed by atoms with van der Waals surface area (Å²) >= 11 is 7.09. The lowest BCUT2D eigenvalue weighted by molar-refractivity contribution is -0.134. The number of hydrogen-bond acceptors (Lipinski definition) is 6. The number of amides is 1. The molecule has 1 amide bonds. The van der Waals surface area contributed by atoms with Crippen LogP contribution in [0, 0.1) is 0 Å². The predicted octanol–water partition coefficient (Wildman–Crippen LogP) is 3.38. The van der Waals surface area contributed by atoms with Crippen LogP contribution in [0.1, 0.15) is 15.4 Å². The Morgan fingerprint density at radius 1 is 0.972 bits per heavy atom. The molecule has 0 spiro atoms. The number of pyridine rings is 1. The van der Waals surface area contributed by atoms with Gasteiger partial charge in [0.05, 0.1) is 27.8 Å². The quantitative estimate of drug-likeness (QED) is 0.313. The van der Waals surface area contributed by atoms with Crippen LogP contribution >= 0.6 is 22.9 Å². The number of hydrogen-bond donors (Lipinski definition) is 3. The maximum atomic E-state index is 12.1. The molecule has 4 aromatic rings. The molecule has 0 radical (unpaired) electrons. The Morgan fingerprint density at radius 3 is 2.22 bits per heavy atom. The molecule has 0 fully saturated rings. The molecule has 0 saturated carbocycles. The van der Waals surface area contributed by atoms with Gasteiger partial charge in [-0.05, 0) is 42.5 Å². The van der Waals surface area contributed by atoms with Crippen molar-refractivity contribution < 1.29 is 24.6 Å². The highest BCUT2D eigenvalue weighted by Crippen LogP contribution is 2.21. The Bertz CT molecular complexity index is 1440. The number of benzene rings is 1. The van der Waals surface area contributed by atoms with E-state index in [-0.39, 0.29) is 11.5 Å². The molecule has 0 aliphatic carbocycles. The molecular weight excluding hydrogens is 508 g/mol. The van der Waals surface area contributed by atoms with Gasteiger partial charge in [-0.3, -0.25) is 14.2 Å². The van der Waals surface area contributed by atoms with Crippen molar-refractivity contribution >= 4 is 40.8 Å². The summed E-state index contributed by atoms with van der Waals surface area (Å²) in [6, 6.07) is 16.0. The zero-order valence-electron chi connectivity index (χ0n) is 18.4. The van der Waals surface area contributed by atoms with Crippen molar-refractivity contribution in [1.82, 2.24) is 19.4 Å². The number of carbonyl (C=O) groups excluding carboxylic acids is 1. The number of carboxylic acid groups (broad SMARTS) is 2. The van der Waals surface area contributed by atoms with Gasteiger partial charge in [-0.15, -0.1) is 11.3 Å². The van der Waals surface area contributed by atoms with Crippen molar-refractivity contribution in [3.8, 4) is 11.4 Å². The van der Waals surface area contributed by atoms with E-state index in [9.17, 15) is 19.2 Å². The van der Waals surface area contributed by atoms with Crippen molar-refractivity contribution in [2.75, 3.05) is 0 Å². The molecule has 4 rings (SSSR count). The van der Waals surface area contributed by atoms with Crippen LogP contribution in [0.25, 0.3) is 11.4 Å². The summed E-state index contributed by atoms with van der Waals surface area (Å²) in [5.41, 5.74) is 2.35. The molecule has 10 nitrogen and oxygen atoms in total. The van der Waals surface area contributed by atoms with Gasteiger partial charge in [0.2, 0.25) is 0 Å². The van der Waals surface area contributed by atoms with Crippen molar-refractivity contribution in [2.24, 2.45) is 0 Å². The summed E-state index contributed by atoms with van der Waals surface area (Å²) in [6.07, 6.45) is 6.39. The topological polar surface area (TPSA) is 144 Å². The second-order valence-corrected chi connectivity index (χ2v) is 8.71. The maximum Gasteiger partial charge on any atom is 0.328 e. The van der Waals surface area contributed by atoms with Gasteiger partial charge in [0.1, 0.15) is 0 Å². The number of nitrogens with one attached hydrogen (secondary N) is 1. The van der Waals surface area contributed by atoms with E-state index < -0.39 is 11.9 Å². The molecule has 0 aliphatic heterocycles. The minimum atomic E-state index is -1.26. The van der Waals surface area contributed by atoms with Crippen LogP contribution in [0.3, 0.4) is 0 Å². The first-order valence-corrected chi connectivity index (χ1v) is 11.4. The second kappa shape index (κ2) is 12.3. The third-order valence-corrected chi connectivity index (χ3v) is 5.71. The molecule has 3 N–H and O–H groups in total. The molecule has 184 valence electrons. The fourth-order valence-corrected chi connectivity index (χ4v) is 3.82. The number of aliphatic carboxylic acids is 2. The van der Waals surface area contributed by atoms with E-state index in [2.05, 4.69) is 10.3 Å². The standard InChI is InChI=1S/C20H15ClN4O2S.C4H4O4/c21-18-9-8-17(28-18)20(27)22-11-14-12-24(13-23-14)15-4-6-16(7-5-15)25-10-2-1-3-19(25)26;5-3(6)1-2-4(7)8/h1-10,12-13H,11H2,(H,22,27);1-2H,(H,5,6)(H,7,8)/b;2-1+. The number of carbonyl (C=O) groups is 3. The summed E-state index contributed by atoms with van der Waals surface area (Å²) in [5, 5.41) is 18.5. The molecule has 12 heteroatoms. The van der Waals surface area contributed by atoms with E-state index in [0.717, 1.165) is 17.1 Å². The first-order chi connectivity index (χ1) is 17.2. The smallest absolute Gasteiger partial charge is 0.328 e. The van der Waals surface area contributed by atoms with Gasteiger partial charge in [-0.2, -0.15) is 0 Å². The van der Waals surface area contributed by atoms with Crippen LogP contribution in [0.2, 0.25) is 4.34 Å². The van der Waals surface area contributed by atoms with E-state index in [1.54, 1.807) is 35.3 Å². The molecule has 0 bridgehead atoms. The number of thiophene rings is 1. The normalized spacial score (nSPS) is 10.5. The fourth-order valence-electron chi connectivity index (χ4n) is 2.86. The molecule has 3 aromatic heterocycles. The molecule has 3 heterocycles. The van der Waals surface area contributed by atoms with Crippen LogP contribution < -0.4 is 10.9 Å². The third-order valence-electron chi connectivity index (χ3n) is 4.48.